The highest BCUT2D eigenvalue weighted by Crippen LogP contribution is 2.43. The second-order valence-corrected chi connectivity index (χ2v) is 6.46. The molecule has 1 aromatic rings. The van der Waals surface area contributed by atoms with E-state index in [1.807, 2.05) is 0 Å². The zero-order valence-electron chi connectivity index (χ0n) is 11.7. The lowest BCUT2D eigenvalue weighted by molar-refractivity contribution is 0.214. The van der Waals surface area contributed by atoms with Gasteiger partial charge in [0.05, 0.1) is 5.69 Å². The highest BCUT2D eigenvalue weighted by atomic mass is 15.3. The summed E-state index contributed by atoms with van der Waals surface area (Å²) in [4.78, 5) is 7.54. The Hall–Kier alpha value is -1.25. The van der Waals surface area contributed by atoms with Crippen molar-refractivity contribution in [3.05, 3.63) is 17.8 Å². The molecule has 1 aromatic heterocycles. The largest absolute Gasteiger partial charge is 0.380 e. The molecule has 102 valence electrons. The number of hydrogen-bond acceptors (Lipinski definition) is 3. The maximum atomic E-state index is 4.85. The molecule has 3 unspecified atom stereocenters. The SMILES string of the molecule is Cc1ccc2c(n1)N1C(CCC3CCCCC31)CN2. The maximum absolute atomic E-state index is 4.85. The third kappa shape index (κ3) is 1.82. The Morgan fingerprint density at radius 3 is 3.00 bits per heavy atom. The van der Waals surface area contributed by atoms with E-state index in [4.69, 9.17) is 4.98 Å². The average molecular weight is 257 g/mol. The summed E-state index contributed by atoms with van der Waals surface area (Å²) in [5, 5.41) is 3.58. The van der Waals surface area contributed by atoms with Gasteiger partial charge in [0, 0.05) is 24.3 Å². The van der Waals surface area contributed by atoms with Crippen molar-refractivity contribution in [2.75, 3.05) is 16.8 Å². The number of aryl methyl sites for hydroxylation is 1. The lowest BCUT2D eigenvalue weighted by Gasteiger charge is -2.51. The minimum atomic E-state index is 0.668. The van der Waals surface area contributed by atoms with E-state index < -0.39 is 0 Å². The van der Waals surface area contributed by atoms with Crippen LogP contribution in [0.5, 0.6) is 0 Å². The molecule has 3 heterocycles. The summed E-state index contributed by atoms with van der Waals surface area (Å²) >= 11 is 0. The van der Waals surface area contributed by atoms with Crippen LogP contribution < -0.4 is 10.2 Å². The number of hydrogen-bond donors (Lipinski definition) is 1. The first-order valence-electron chi connectivity index (χ1n) is 7.83. The highest BCUT2D eigenvalue weighted by Gasteiger charge is 2.41. The molecule has 3 nitrogen and oxygen atoms in total. The molecule has 1 saturated heterocycles. The van der Waals surface area contributed by atoms with Gasteiger partial charge in [0.1, 0.15) is 0 Å². The monoisotopic (exact) mass is 257 g/mol. The quantitative estimate of drug-likeness (QED) is 0.772. The van der Waals surface area contributed by atoms with E-state index in [2.05, 4.69) is 29.3 Å². The molecule has 1 aliphatic carbocycles. The fraction of sp³-hybridized carbons (Fsp3) is 0.688. The summed E-state index contributed by atoms with van der Waals surface area (Å²) in [6, 6.07) is 5.75. The Morgan fingerprint density at radius 2 is 2.05 bits per heavy atom. The molecule has 0 amide bonds. The molecule has 2 fully saturated rings. The van der Waals surface area contributed by atoms with Crippen molar-refractivity contribution in [1.82, 2.24) is 4.98 Å². The molecule has 4 rings (SSSR count). The van der Waals surface area contributed by atoms with E-state index >= 15 is 0 Å². The molecule has 2 aliphatic heterocycles. The van der Waals surface area contributed by atoms with Gasteiger partial charge in [-0.15, -0.1) is 0 Å². The first kappa shape index (κ1) is 11.6. The standard InChI is InChI=1S/C16H23N3/c1-11-6-9-14-16(18-11)19-13(10-17-14)8-7-12-4-2-3-5-15(12)19/h6,9,12-13,15,17H,2-5,7-8,10H2,1H3. The van der Waals surface area contributed by atoms with Gasteiger partial charge in [-0.05, 0) is 50.7 Å². The molecule has 3 heteroatoms. The third-order valence-electron chi connectivity index (χ3n) is 5.28. The van der Waals surface area contributed by atoms with E-state index in [9.17, 15) is 0 Å². The van der Waals surface area contributed by atoms with E-state index in [-0.39, 0.29) is 0 Å². The van der Waals surface area contributed by atoms with E-state index in [0.717, 1.165) is 24.2 Å². The van der Waals surface area contributed by atoms with Gasteiger partial charge in [0.15, 0.2) is 5.82 Å². The summed E-state index contributed by atoms with van der Waals surface area (Å²) in [5.41, 5.74) is 2.38. The van der Waals surface area contributed by atoms with Crippen molar-refractivity contribution in [1.29, 1.82) is 0 Å². The zero-order chi connectivity index (χ0) is 12.8. The fourth-order valence-electron chi connectivity index (χ4n) is 4.34. The third-order valence-corrected chi connectivity index (χ3v) is 5.28. The van der Waals surface area contributed by atoms with Gasteiger partial charge in [0.2, 0.25) is 0 Å². The fourth-order valence-corrected chi connectivity index (χ4v) is 4.34. The number of nitrogens with one attached hydrogen (secondary N) is 1. The minimum Gasteiger partial charge on any atom is -0.380 e. The van der Waals surface area contributed by atoms with Gasteiger partial charge in [-0.3, -0.25) is 0 Å². The Morgan fingerprint density at radius 1 is 1.16 bits per heavy atom. The second kappa shape index (κ2) is 4.39. The average Bonchev–Trinajstić information content (AvgIpc) is 2.46. The molecule has 3 atom stereocenters. The van der Waals surface area contributed by atoms with Crippen LogP contribution in [0, 0.1) is 12.8 Å². The van der Waals surface area contributed by atoms with Gasteiger partial charge >= 0.3 is 0 Å². The summed E-state index contributed by atoms with van der Waals surface area (Å²) in [6.07, 6.45) is 8.40. The Balaban J connectivity index is 1.75. The summed E-state index contributed by atoms with van der Waals surface area (Å²) in [6.45, 7) is 3.20. The predicted octanol–water partition coefficient (Wildman–Crippen LogP) is 3.34. The van der Waals surface area contributed by atoms with Crippen LogP contribution in [-0.4, -0.2) is 23.6 Å². The number of nitrogens with zero attached hydrogens (tertiary/aromatic N) is 2. The minimum absolute atomic E-state index is 0.668. The van der Waals surface area contributed by atoms with Crippen LogP contribution in [0.2, 0.25) is 0 Å². The van der Waals surface area contributed by atoms with Crippen molar-refractivity contribution in [2.24, 2.45) is 5.92 Å². The van der Waals surface area contributed by atoms with E-state index in [1.165, 1.54) is 50.0 Å². The van der Waals surface area contributed by atoms with Crippen molar-refractivity contribution in [2.45, 2.75) is 57.5 Å². The highest BCUT2D eigenvalue weighted by molar-refractivity contribution is 5.69. The summed E-state index contributed by atoms with van der Waals surface area (Å²) < 4.78 is 0. The first-order chi connectivity index (χ1) is 9.33. The van der Waals surface area contributed by atoms with Crippen LogP contribution in [-0.2, 0) is 0 Å². The number of fused-ring (bicyclic) bond motifs is 5. The number of pyridine rings is 1. The summed E-state index contributed by atoms with van der Waals surface area (Å²) in [7, 11) is 0. The topological polar surface area (TPSA) is 28.2 Å². The van der Waals surface area contributed by atoms with Crippen molar-refractivity contribution < 1.29 is 0 Å². The van der Waals surface area contributed by atoms with Crippen molar-refractivity contribution >= 4 is 11.5 Å². The molecule has 0 radical (unpaired) electrons. The number of rotatable bonds is 0. The van der Waals surface area contributed by atoms with Crippen molar-refractivity contribution in [3.63, 3.8) is 0 Å². The van der Waals surface area contributed by atoms with Gasteiger partial charge < -0.3 is 10.2 Å². The molecule has 1 saturated carbocycles. The molecule has 1 N–H and O–H groups in total. The van der Waals surface area contributed by atoms with Crippen LogP contribution in [0.1, 0.15) is 44.2 Å². The van der Waals surface area contributed by atoms with Gasteiger partial charge in [0.25, 0.3) is 0 Å². The molecule has 19 heavy (non-hydrogen) atoms. The first-order valence-corrected chi connectivity index (χ1v) is 7.83. The summed E-state index contributed by atoms with van der Waals surface area (Å²) in [5.74, 6) is 2.14. The molecule has 3 aliphatic rings. The van der Waals surface area contributed by atoms with Crippen molar-refractivity contribution in [3.8, 4) is 0 Å². The molecule has 0 aromatic carbocycles. The van der Waals surface area contributed by atoms with Crippen LogP contribution >= 0.6 is 0 Å². The molecule has 0 spiro atoms. The number of piperidine rings is 1. The Labute approximate surface area is 115 Å². The molecule has 0 bridgehead atoms. The number of aromatic nitrogens is 1. The normalized spacial score (nSPS) is 32.9. The van der Waals surface area contributed by atoms with Crippen LogP contribution in [0.25, 0.3) is 0 Å². The van der Waals surface area contributed by atoms with E-state index in [1.54, 1.807) is 0 Å². The van der Waals surface area contributed by atoms with Crippen LogP contribution in [0.4, 0.5) is 11.5 Å². The lowest BCUT2D eigenvalue weighted by Crippen LogP contribution is -2.57. The Bertz CT molecular complexity index is 485. The van der Waals surface area contributed by atoms with Crippen LogP contribution in [0.3, 0.4) is 0 Å². The maximum Gasteiger partial charge on any atom is 0.152 e. The Kier molecular flexibility index (Phi) is 2.68. The zero-order valence-corrected chi connectivity index (χ0v) is 11.7. The molecular weight excluding hydrogens is 234 g/mol. The number of anilines is 2. The van der Waals surface area contributed by atoms with Crippen LogP contribution in [0.15, 0.2) is 12.1 Å². The lowest BCUT2D eigenvalue weighted by atomic mass is 9.76. The van der Waals surface area contributed by atoms with E-state index in [0.29, 0.717) is 6.04 Å². The predicted molar refractivity (Wildman–Crippen MR) is 78.7 cm³/mol. The second-order valence-electron chi connectivity index (χ2n) is 6.46. The van der Waals surface area contributed by atoms with Gasteiger partial charge in [-0.1, -0.05) is 12.8 Å². The molecular formula is C16H23N3. The smallest absolute Gasteiger partial charge is 0.152 e. The van der Waals surface area contributed by atoms with Gasteiger partial charge in [-0.25, -0.2) is 4.98 Å². The van der Waals surface area contributed by atoms with Gasteiger partial charge in [-0.2, -0.15) is 0 Å².